The number of carbonyl (C=O) groups is 2. The second-order valence-corrected chi connectivity index (χ2v) is 22.1. The molecule has 0 fully saturated rings. The Hall–Kier alpha value is -1.66. The molecule has 0 aromatic heterocycles. The third-order valence-corrected chi connectivity index (χ3v) is 15.0. The molecule has 0 aliphatic heterocycles. The third kappa shape index (κ3) is 57.5. The summed E-state index contributed by atoms with van der Waals surface area (Å²) in [6.07, 6.45) is 75.1. The van der Waals surface area contributed by atoms with Gasteiger partial charge in [-0.25, -0.2) is 0 Å². The number of amides is 1. The molecule has 71 heavy (non-hydrogen) atoms. The third-order valence-electron chi connectivity index (χ3n) is 15.0. The Labute approximate surface area is 443 Å². The molecule has 0 saturated heterocycles. The monoisotopic (exact) mass is 1000 g/mol. The van der Waals surface area contributed by atoms with E-state index in [0.29, 0.717) is 19.4 Å². The van der Waals surface area contributed by atoms with Crippen LogP contribution in [0.15, 0.2) is 24.3 Å². The Morgan fingerprint density at radius 3 is 1.00 bits per heavy atom. The summed E-state index contributed by atoms with van der Waals surface area (Å²) in [5, 5.41) is 23.2. The van der Waals surface area contributed by atoms with Crippen molar-refractivity contribution in [2.24, 2.45) is 0 Å². The highest BCUT2D eigenvalue weighted by molar-refractivity contribution is 5.76. The van der Waals surface area contributed by atoms with Crippen molar-refractivity contribution in [2.75, 3.05) is 13.2 Å². The first-order chi connectivity index (χ1) is 35.0. The normalized spacial score (nSPS) is 12.7. The number of unbranched alkanes of at least 4 members (excludes halogenated alkanes) is 47. The van der Waals surface area contributed by atoms with Crippen LogP contribution in [0, 0.1) is 0 Å². The zero-order valence-electron chi connectivity index (χ0n) is 48.0. The standard InChI is InChI=1S/C65H125NO5/c1-3-5-7-9-11-13-15-17-19-26-31-35-39-43-47-51-55-59-65(70)71-60-56-52-48-44-40-36-32-28-25-23-21-22-24-27-30-34-38-42-46-50-54-58-64(69)66-62(61-67)63(68)57-53-49-45-41-37-33-29-20-18-16-14-12-10-8-6-4-2/h17,19,53,57,62-63,67-68H,3-16,18,20-52,54-56,58-61H2,1-2H3,(H,66,69)/b19-17-,57-53+. The summed E-state index contributed by atoms with van der Waals surface area (Å²) in [6, 6.07) is -0.628. The summed E-state index contributed by atoms with van der Waals surface area (Å²) >= 11 is 0. The van der Waals surface area contributed by atoms with Crippen LogP contribution >= 0.6 is 0 Å². The van der Waals surface area contributed by atoms with Gasteiger partial charge < -0.3 is 20.3 Å². The van der Waals surface area contributed by atoms with Gasteiger partial charge in [-0.15, -0.1) is 0 Å². The highest BCUT2D eigenvalue weighted by Gasteiger charge is 2.18. The SMILES string of the molecule is CCCCCCCC/C=C\CCCCCCCCCC(=O)OCCCCCCCCCCCCCCCCCCCCCCCC(=O)NC(CO)C(O)/C=C/CCCCCCCCCCCCCCCC. The summed E-state index contributed by atoms with van der Waals surface area (Å²) in [7, 11) is 0. The molecule has 0 aliphatic carbocycles. The minimum Gasteiger partial charge on any atom is -0.466 e. The van der Waals surface area contributed by atoms with E-state index in [1.165, 1.54) is 283 Å². The minimum atomic E-state index is -0.845. The maximum Gasteiger partial charge on any atom is 0.305 e. The number of rotatable bonds is 60. The Kier molecular flexibility index (Phi) is 59.5. The van der Waals surface area contributed by atoms with E-state index in [1.54, 1.807) is 6.08 Å². The van der Waals surface area contributed by atoms with Gasteiger partial charge in [0.25, 0.3) is 0 Å². The topological polar surface area (TPSA) is 95.9 Å². The maximum atomic E-state index is 12.5. The number of esters is 1. The smallest absolute Gasteiger partial charge is 0.305 e. The van der Waals surface area contributed by atoms with E-state index in [-0.39, 0.29) is 18.5 Å². The second kappa shape index (κ2) is 60.9. The van der Waals surface area contributed by atoms with Crippen LogP contribution in [0.1, 0.15) is 354 Å². The summed E-state index contributed by atoms with van der Waals surface area (Å²) in [4.78, 5) is 24.6. The van der Waals surface area contributed by atoms with Crippen LogP contribution in [0.3, 0.4) is 0 Å². The second-order valence-electron chi connectivity index (χ2n) is 22.1. The maximum absolute atomic E-state index is 12.5. The number of nitrogens with one attached hydrogen (secondary N) is 1. The molecule has 0 bridgehead atoms. The van der Waals surface area contributed by atoms with Crippen molar-refractivity contribution in [1.29, 1.82) is 0 Å². The molecule has 0 aromatic carbocycles. The van der Waals surface area contributed by atoms with Gasteiger partial charge >= 0.3 is 5.97 Å². The van der Waals surface area contributed by atoms with Crippen molar-refractivity contribution in [3.05, 3.63) is 24.3 Å². The van der Waals surface area contributed by atoms with Crippen LogP contribution < -0.4 is 5.32 Å². The zero-order valence-corrected chi connectivity index (χ0v) is 48.0. The molecule has 0 spiro atoms. The number of hydrogen-bond donors (Lipinski definition) is 3. The fourth-order valence-electron chi connectivity index (χ4n) is 10.0. The molecular weight excluding hydrogens is 875 g/mol. The van der Waals surface area contributed by atoms with Crippen molar-refractivity contribution >= 4 is 11.9 Å². The van der Waals surface area contributed by atoms with Crippen molar-refractivity contribution in [3.8, 4) is 0 Å². The number of carbonyl (C=O) groups excluding carboxylic acids is 2. The molecule has 0 aliphatic rings. The van der Waals surface area contributed by atoms with Crippen molar-refractivity contribution in [1.82, 2.24) is 5.32 Å². The van der Waals surface area contributed by atoms with Crippen LogP contribution in [0.2, 0.25) is 0 Å². The number of aliphatic hydroxyl groups excluding tert-OH is 2. The average Bonchev–Trinajstić information content (AvgIpc) is 3.37. The Morgan fingerprint density at radius 2 is 0.662 bits per heavy atom. The number of allylic oxidation sites excluding steroid dienone is 3. The molecule has 6 heteroatoms. The van der Waals surface area contributed by atoms with E-state index in [0.717, 1.165) is 44.9 Å². The fourth-order valence-corrected chi connectivity index (χ4v) is 10.0. The molecule has 2 atom stereocenters. The first-order valence-electron chi connectivity index (χ1n) is 32.1. The molecular formula is C65H125NO5. The molecule has 0 aromatic rings. The van der Waals surface area contributed by atoms with E-state index in [4.69, 9.17) is 4.74 Å². The Balaban J connectivity index is 3.39. The first-order valence-corrected chi connectivity index (χ1v) is 32.1. The number of ether oxygens (including phenoxy) is 1. The lowest BCUT2D eigenvalue weighted by molar-refractivity contribution is -0.143. The van der Waals surface area contributed by atoms with Gasteiger partial charge in [0.05, 0.1) is 25.4 Å². The van der Waals surface area contributed by atoms with E-state index in [1.807, 2.05) is 6.08 Å². The van der Waals surface area contributed by atoms with Gasteiger partial charge in [-0.05, 0) is 57.8 Å². The molecule has 2 unspecified atom stereocenters. The van der Waals surface area contributed by atoms with E-state index in [9.17, 15) is 19.8 Å². The largest absolute Gasteiger partial charge is 0.466 e. The van der Waals surface area contributed by atoms with Crippen LogP contribution in [0.5, 0.6) is 0 Å². The lowest BCUT2D eigenvalue weighted by atomic mass is 10.0. The Morgan fingerprint density at radius 1 is 0.380 bits per heavy atom. The van der Waals surface area contributed by atoms with E-state index < -0.39 is 12.1 Å². The van der Waals surface area contributed by atoms with Crippen molar-refractivity contribution in [3.63, 3.8) is 0 Å². The molecule has 0 rings (SSSR count). The van der Waals surface area contributed by atoms with E-state index in [2.05, 4.69) is 31.3 Å². The van der Waals surface area contributed by atoms with Gasteiger partial charge in [0, 0.05) is 12.8 Å². The lowest BCUT2D eigenvalue weighted by Gasteiger charge is -2.20. The summed E-state index contributed by atoms with van der Waals surface area (Å²) in [5.41, 5.74) is 0. The predicted octanol–water partition coefficient (Wildman–Crippen LogP) is 20.2. The molecule has 420 valence electrons. The molecule has 1 amide bonds. The average molecular weight is 1000 g/mol. The van der Waals surface area contributed by atoms with Crippen LogP contribution in [0.4, 0.5) is 0 Å². The first kappa shape index (κ1) is 69.3. The summed E-state index contributed by atoms with van der Waals surface area (Å²) in [6.45, 7) is 4.92. The Bertz CT molecular complexity index is 1110. The molecule has 0 saturated carbocycles. The number of aliphatic hydroxyl groups is 2. The lowest BCUT2D eigenvalue weighted by Crippen LogP contribution is -2.45. The molecule has 0 radical (unpaired) electrons. The van der Waals surface area contributed by atoms with Gasteiger partial charge in [-0.3, -0.25) is 9.59 Å². The van der Waals surface area contributed by atoms with Crippen LogP contribution in [-0.2, 0) is 14.3 Å². The number of hydrogen-bond acceptors (Lipinski definition) is 5. The van der Waals surface area contributed by atoms with Gasteiger partial charge in [0.15, 0.2) is 0 Å². The fraction of sp³-hybridized carbons (Fsp3) is 0.908. The zero-order chi connectivity index (χ0) is 51.4. The van der Waals surface area contributed by atoms with Crippen LogP contribution in [-0.4, -0.2) is 47.4 Å². The van der Waals surface area contributed by atoms with Gasteiger partial charge in [-0.1, -0.05) is 308 Å². The van der Waals surface area contributed by atoms with Gasteiger partial charge in [-0.2, -0.15) is 0 Å². The predicted molar refractivity (Wildman–Crippen MR) is 310 cm³/mol. The van der Waals surface area contributed by atoms with Crippen molar-refractivity contribution < 1.29 is 24.5 Å². The summed E-state index contributed by atoms with van der Waals surface area (Å²) in [5.74, 6) is -0.0582. The molecule has 6 nitrogen and oxygen atoms in total. The minimum absolute atomic E-state index is 0.00856. The van der Waals surface area contributed by atoms with Crippen LogP contribution in [0.25, 0.3) is 0 Å². The molecule has 3 N–H and O–H groups in total. The molecule has 0 heterocycles. The van der Waals surface area contributed by atoms with Crippen molar-refractivity contribution in [2.45, 2.75) is 366 Å². The summed E-state index contributed by atoms with van der Waals surface area (Å²) < 4.78 is 5.49. The highest BCUT2D eigenvalue weighted by atomic mass is 16.5. The van der Waals surface area contributed by atoms with Gasteiger partial charge in [0.2, 0.25) is 5.91 Å². The highest BCUT2D eigenvalue weighted by Crippen LogP contribution is 2.18. The van der Waals surface area contributed by atoms with E-state index >= 15 is 0 Å². The van der Waals surface area contributed by atoms with Gasteiger partial charge in [0.1, 0.15) is 0 Å². The quantitative estimate of drug-likeness (QED) is 0.0320.